The summed E-state index contributed by atoms with van der Waals surface area (Å²) in [5, 5.41) is 13.8. The van der Waals surface area contributed by atoms with Crippen LogP contribution in [0.5, 0.6) is 0 Å². The molecule has 0 aromatic carbocycles. The van der Waals surface area contributed by atoms with Crippen molar-refractivity contribution in [3.05, 3.63) is 161 Å². The zero-order chi connectivity index (χ0) is 35.9. The molecule has 0 saturated carbocycles. The van der Waals surface area contributed by atoms with Crippen molar-refractivity contribution >= 4 is 0 Å². The van der Waals surface area contributed by atoms with Gasteiger partial charge in [0.15, 0.2) is 0 Å². The summed E-state index contributed by atoms with van der Waals surface area (Å²) in [6, 6.07) is 31.6. The van der Waals surface area contributed by atoms with Crippen LogP contribution in [0.15, 0.2) is 134 Å². The van der Waals surface area contributed by atoms with E-state index < -0.39 is 0 Å². The maximum Gasteiger partial charge on any atom is 3.00 e. The molecule has 12 heteroatoms. The standard InChI is InChI=1S/C22H31N6.2C10H8N2.Fe.Ru/c1-19-4-9-26-21(16-19)22-17-20(5-10-27-22)18-28-14-3-8-24-12-11-23-6-2-7-25-13-15-28;2*1-3-7-11-9(5-1)10-6-2-4-8-12-10;;/h4-5,9-10,16-17H,2-3,6-8,11-15,18H2,1H3;2*1-8H;;/q-3;;;+3;+2. The molecular formula is C42H47FeN10Ru+2. The number of pyridine rings is 6. The first-order valence-electron chi connectivity index (χ1n) is 17.9. The Kier molecular flexibility index (Phi) is 21.8. The van der Waals surface area contributed by atoms with Crippen molar-refractivity contribution < 1.29 is 36.5 Å². The van der Waals surface area contributed by atoms with Gasteiger partial charge in [0.1, 0.15) is 0 Å². The van der Waals surface area contributed by atoms with Gasteiger partial charge >= 0.3 is 36.5 Å². The topological polar surface area (TPSA) is 123 Å². The van der Waals surface area contributed by atoms with Gasteiger partial charge in [-0.1, -0.05) is 37.1 Å². The second kappa shape index (κ2) is 26.6. The zero-order valence-corrected chi connectivity index (χ0v) is 33.5. The third-order valence-electron chi connectivity index (χ3n) is 8.01. The van der Waals surface area contributed by atoms with Crippen LogP contribution < -0.4 is 0 Å². The number of aryl methyl sites for hydroxylation is 1. The van der Waals surface area contributed by atoms with Crippen LogP contribution in [0.1, 0.15) is 24.0 Å². The van der Waals surface area contributed by atoms with Crippen molar-refractivity contribution in [3.63, 3.8) is 0 Å². The van der Waals surface area contributed by atoms with Crippen molar-refractivity contribution in [2.75, 3.05) is 52.4 Å². The molecule has 1 fully saturated rings. The van der Waals surface area contributed by atoms with Gasteiger partial charge < -0.3 is 20.9 Å². The molecule has 0 N–H and O–H groups in total. The minimum atomic E-state index is 0. The summed E-state index contributed by atoms with van der Waals surface area (Å²) < 4.78 is 0. The van der Waals surface area contributed by atoms with Crippen molar-refractivity contribution in [2.45, 2.75) is 26.3 Å². The van der Waals surface area contributed by atoms with Crippen LogP contribution in [0, 0.1) is 6.92 Å². The van der Waals surface area contributed by atoms with Gasteiger partial charge in [-0.15, -0.1) is 13.1 Å². The second-order valence-electron chi connectivity index (χ2n) is 12.1. The van der Waals surface area contributed by atoms with E-state index in [1.54, 1.807) is 24.8 Å². The Morgan fingerprint density at radius 1 is 0.463 bits per heavy atom. The Labute approximate surface area is 343 Å². The normalized spacial score (nSPS) is 13.9. The summed E-state index contributed by atoms with van der Waals surface area (Å²) in [5.74, 6) is 0. The molecule has 7 heterocycles. The van der Waals surface area contributed by atoms with E-state index in [1.807, 2.05) is 91.3 Å². The van der Waals surface area contributed by atoms with Crippen molar-refractivity contribution in [1.82, 2.24) is 34.8 Å². The quantitative estimate of drug-likeness (QED) is 0.160. The minimum absolute atomic E-state index is 0. The molecule has 279 valence electrons. The van der Waals surface area contributed by atoms with Crippen LogP contribution in [0.4, 0.5) is 0 Å². The van der Waals surface area contributed by atoms with E-state index >= 15 is 0 Å². The summed E-state index contributed by atoms with van der Waals surface area (Å²) in [6.07, 6.45) is 12.9. The Balaban J connectivity index is 0.000000248. The Hall–Kier alpha value is -4.12. The van der Waals surface area contributed by atoms with Crippen LogP contribution in [0.3, 0.4) is 0 Å². The summed E-state index contributed by atoms with van der Waals surface area (Å²) >= 11 is 0. The number of rotatable bonds is 5. The molecule has 1 aliphatic rings. The van der Waals surface area contributed by atoms with Gasteiger partial charge in [-0.3, -0.25) is 29.9 Å². The number of aromatic nitrogens is 6. The van der Waals surface area contributed by atoms with E-state index in [0.717, 1.165) is 106 Å². The molecule has 0 unspecified atom stereocenters. The maximum atomic E-state index is 4.68. The third kappa shape index (κ3) is 16.5. The Morgan fingerprint density at radius 3 is 1.39 bits per heavy atom. The fourth-order valence-electron chi connectivity index (χ4n) is 5.36. The molecule has 0 aliphatic carbocycles. The van der Waals surface area contributed by atoms with E-state index in [-0.39, 0.29) is 36.5 Å². The first-order chi connectivity index (χ1) is 25.7. The van der Waals surface area contributed by atoms with Crippen LogP contribution in [0.2, 0.25) is 0 Å². The molecule has 0 amide bonds. The van der Waals surface area contributed by atoms with Crippen LogP contribution >= 0.6 is 0 Å². The third-order valence-corrected chi connectivity index (χ3v) is 8.01. The summed E-state index contributed by atoms with van der Waals surface area (Å²) in [7, 11) is 0. The predicted molar refractivity (Wildman–Crippen MR) is 211 cm³/mol. The molecule has 6 aromatic rings. The maximum absolute atomic E-state index is 4.68. The smallest absolute Gasteiger partial charge is 0.664 e. The van der Waals surface area contributed by atoms with Gasteiger partial charge in [0, 0.05) is 43.7 Å². The first-order valence-corrected chi connectivity index (χ1v) is 17.9. The van der Waals surface area contributed by atoms with Crippen LogP contribution in [-0.2, 0) is 43.1 Å². The molecule has 10 nitrogen and oxygen atoms in total. The molecule has 6 aromatic heterocycles. The fourth-order valence-corrected chi connectivity index (χ4v) is 5.36. The summed E-state index contributed by atoms with van der Waals surface area (Å²) in [5.41, 5.74) is 8.00. The Morgan fingerprint density at radius 2 is 0.907 bits per heavy atom. The number of hydrogen-bond acceptors (Lipinski definition) is 7. The molecular weight excluding hydrogens is 801 g/mol. The molecule has 1 radical (unpaired) electrons. The molecule has 0 atom stereocenters. The van der Waals surface area contributed by atoms with E-state index in [4.69, 9.17) is 0 Å². The van der Waals surface area contributed by atoms with Gasteiger partial charge in [-0.2, -0.15) is 26.2 Å². The van der Waals surface area contributed by atoms with E-state index in [2.05, 4.69) is 75.9 Å². The monoisotopic (exact) mass is 849 g/mol. The molecule has 7 rings (SSSR count). The van der Waals surface area contributed by atoms with E-state index in [9.17, 15) is 0 Å². The van der Waals surface area contributed by atoms with E-state index in [1.165, 1.54) is 11.1 Å². The summed E-state index contributed by atoms with van der Waals surface area (Å²) in [4.78, 5) is 28.2. The molecule has 0 bridgehead atoms. The SMILES string of the molecule is Cc1ccnc(-c2cc(CN3CCC[N-]CC[N-]CCC[N-]CC3)ccn2)c1.[Fe+3].[Ru+2].c1ccc(-c2ccccn2)nc1.c1ccc(-c2ccccn2)nc1. The predicted octanol–water partition coefficient (Wildman–Crippen LogP) is 8.45. The van der Waals surface area contributed by atoms with Crippen molar-refractivity contribution in [2.24, 2.45) is 0 Å². The molecule has 0 spiro atoms. The fraction of sp³-hybridized carbons (Fsp3) is 0.286. The van der Waals surface area contributed by atoms with Gasteiger partial charge in [-0.05, 0) is 104 Å². The van der Waals surface area contributed by atoms with E-state index in [0.29, 0.717) is 0 Å². The van der Waals surface area contributed by atoms with Gasteiger partial charge in [0.05, 0.1) is 34.2 Å². The van der Waals surface area contributed by atoms with Crippen molar-refractivity contribution in [3.8, 4) is 34.2 Å². The van der Waals surface area contributed by atoms with Gasteiger partial charge in [0.25, 0.3) is 0 Å². The number of hydrogen-bond donors (Lipinski definition) is 0. The Bertz CT molecular complexity index is 1660. The molecule has 1 saturated heterocycles. The van der Waals surface area contributed by atoms with Crippen molar-refractivity contribution in [1.29, 1.82) is 0 Å². The zero-order valence-electron chi connectivity index (χ0n) is 30.7. The largest absolute Gasteiger partial charge is 3.00 e. The molecule has 54 heavy (non-hydrogen) atoms. The summed E-state index contributed by atoms with van der Waals surface area (Å²) in [6.45, 7) is 10.3. The van der Waals surface area contributed by atoms with Gasteiger partial charge in [-0.25, -0.2) is 0 Å². The number of nitrogens with zero attached hydrogens (tertiary/aromatic N) is 10. The average Bonchev–Trinajstić information content (AvgIpc) is 3.21. The second-order valence-corrected chi connectivity index (χ2v) is 12.1. The first kappa shape index (κ1) is 44.3. The van der Waals surface area contributed by atoms with Crippen LogP contribution in [-0.4, -0.2) is 87.2 Å². The van der Waals surface area contributed by atoms with Gasteiger partial charge in [0.2, 0.25) is 0 Å². The van der Waals surface area contributed by atoms with Crippen LogP contribution in [0.25, 0.3) is 50.1 Å². The minimum Gasteiger partial charge on any atom is -0.664 e. The molecule has 1 aliphatic heterocycles. The average molecular weight is 849 g/mol.